The van der Waals surface area contributed by atoms with Crippen molar-refractivity contribution in [1.82, 2.24) is 0 Å². The van der Waals surface area contributed by atoms with Crippen LogP contribution in [0, 0.1) is 41.4 Å². The molecule has 0 aliphatic heterocycles. The van der Waals surface area contributed by atoms with Gasteiger partial charge in [-0.1, -0.05) is 24.4 Å². The predicted molar refractivity (Wildman–Crippen MR) is 90.7 cm³/mol. The quantitative estimate of drug-likeness (QED) is 0.679. The average Bonchev–Trinajstić information content (AvgIpc) is 2.83. The predicted octanol–water partition coefficient (Wildman–Crippen LogP) is 4.06. The maximum absolute atomic E-state index is 11.9. The number of hydrogen-bond acceptors (Lipinski definition) is 2. The summed E-state index contributed by atoms with van der Waals surface area (Å²) in [6.45, 7) is 2.21. The summed E-state index contributed by atoms with van der Waals surface area (Å²) in [6, 6.07) is 0. The molecule has 3 heteroatoms. The maximum atomic E-state index is 11.9. The molecule has 4 rings (SSSR count). The number of hydrogen-bond donors (Lipinski definition) is 1. The molecule has 0 saturated heterocycles. The van der Waals surface area contributed by atoms with Gasteiger partial charge in [-0.05, 0) is 74.2 Å². The lowest BCUT2D eigenvalue weighted by Crippen LogP contribution is -2.52. The van der Waals surface area contributed by atoms with Crippen molar-refractivity contribution >= 4 is 17.4 Å². The van der Waals surface area contributed by atoms with Crippen LogP contribution >= 0.6 is 11.6 Å². The van der Waals surface area contributed by atoms with Crippen molar-refractivity contribution in [3.05, 3.63) is 10.6 Å². The number of carbonyl (C=O) groups is 1. The summed E-state index contributed by atoms with van der Waals surface area (Å²) < 4.78 is 0. The summed E-state index contributed by atoms with van der Waals surface area (Å²) in [5, 5.41) is 11.5. The number of terminal acetylenes is 1. The topological polar surface area (TPSA) is 37.3 Å². The van der Waals surface area contributed by atoms with E-state index < -0.39 is 5.60 Å². The van der Waals surface area contributed by atoms with Gasteiger partial charge in [-0.15, -0.1) is 6.42 Å². The van der Waals surface area contributed by atoms with Crippen molar-refractivity contribution in [2.75, 3.05) is 0 Å². The van der Waals surface area contributed by atoms with Crippen LogP contribution in [0.4, 0.5) is 0 Å². The molecule has 4 aliphatic carbocycles. The molecule has 124 valence electrons. The van der Waals surface area contributed by atoms with Crippen LogP contribution in [0.2, 0.25) is 0 Å². The molecule has 0 amide bonds. The molecule has 1 N–H and O–H groups in total. The lowest BCUT2D eigenvalue weighted by Gasteiger charge is -2.54. The van der Waals surface area contributed by atoms with Crippen molar-refractivity contribution in [1.29, 1.82) is 0 Å². The van der Waals surface area contributed by atoms with Gasteiger partial charge in [-0.2, -0.15) is 0 Å². The maximum Gasteiger partial charge on any atom is 0.174 e. The fraction of sp³-hybridized carbons (Fsp3) is 0.750. The summed E-state index contributed by atoms with van der Waals surface area (Å²) in [4.78, 5) is 11.9. The third-order valence-corrected chi connectivity index (χ3v) is 8.26. The Bertz CT molecular complexity index is 630. The number of ketones is 1. The lowest BCUT2D eigenvalue weighted by molar-refractivity contribution is -0.117. The zero-order valence-corrected chi connectivity index (χ0v) is 14.5. The highest BCUT2D eigenvalue weighted by Gasteiger charge is 2.62. The standard InChI is InChI=1S/C20H25ClO2/c1-3-20(23)11-9-16-14-4-5-15-12(6-7-17(22)18(15)21)13(14)8-10-19(16,20)2/h1,12-14,16,23H,4-11H2,2H3/t12-,13-,14-,16-,19-,20+/m1/s1. The molecule has 0 unspecified atom stereocenters. The largest absolute Gasteiger partial charge is 0.377 e. The van der Waals surface area contributed by atoms with E-state index in [2.05, 4.69) is 12.8 Å². The Balaban J connectivity index is 1.67. The van der Waals surface area contributed by atoms with Crippen LogP contribution in [-0.2, 0) is 4.79 Å². The first kappa shape index (κ1) is 15.7. The summed E-state index contributed by atoms with van der Waals surface area (Å²) in [5.74, 6) is 5.12. The molecule has 3 saturated carbocycles. The third-order valence-electron chi connectivity index (χ3n) is 7.80. The van der Waals surface area contributed by atoms with Gasteiger partial charge < -0.3 is 5.11 Å². The van der Waals surface area contributed by atoms with Gasteiger partial charge in [-0.3, -0.25) is 4.79 Å². The summed E-state index contributed by atoms with van der Waals surface area (Å²) >= 11 is 6.34. The Morgan fingerprint density at radius 2 is 1.96 bits per heavy atom. The fourth-order valence-corrected chi connectivity index (χ4v) is 6.82. The fourth-order valence-electron chi connectivity index (χ4n) is 6.49. The van der Waals surface area contributed by atoms with Gasteiger partial charge in [0.15, 0.2) is 5.78 Å². The summed E-state index contributed by atoms with van der Waals surface area (Å²) in [6.07, 6.45) is 13.2. The molecule has 0 heterocycles. The third kappa shape index (κ3) is 1.96. The molecular weight excluding hydrogens is 308 g/mol. The van der Waals surface area contributed by atoms with Crippen molar-refractivity contribution in [3.8, 4) is 12.3 Å². The SMILES string of the molecule is C#C[C@]1(O)CC[C@@H]2[C@@H]3CCC4=C(Cl)C(=O)CC[C@@H]4[C@H]3CC[C@]21C. The average molecular weight is 333 g/mol. The van der Waals surface area contributed by atoms with Gasteiger partial charge in [0, 0.05) is 11.8 Å². The van der Waals surface area contributed by atoms with Crippen molar-refractivity contribution in [2.24, 2.45) is 29.1 Å². The number of allylic oxidation sites excluding steroid dienone is 1. The molecular formula is C20H25ClO2. The zero-order chi connectivity index (χ0) is 16.4. The highest BCUT2D eigenvalue weighted by Crippen LogP contribution is 2.65. The highest BCUT2D eigenvalue weighted by molar-refractivity contribution is 6.43. The molecule has 0 aromatic carbocycles. The van der Waals surface area contributed by atoms with Crippen molar-refractivity contribution in [3.63, 3.8) is 0 Å². The van der Waals surface area contributed by atoms with E-state index in [4.69, 9.17) is 18.0 Å². The monoisotopic (exact) mass is 332 g/mol. The number of rotatable bonds is 0. The van der Waals surface area contributed by atoms with Crippen LogP contribution in [0.15, 0.2) is 10.6 Å². The molecule has 0 aromatic heterocycles. The lowest BCUT2D eigenvalue weighted by atomic mass is 9.50. The molecule has 4 aliphatic rings. The van der Waals surface area contributed by atoms with E-state index >= 15 is 0 Å². The Hall–Kier alpha value is -0.780. The van der Waals surface area contributed by atoms with Crippen LogP contribution in [0.5, 0.6) is 0 Å². The first-order valence-electron chi connectivity index (χ1n) is 9.03. The summed E-state index contributed by atoms with van der Waals surface area (Å²) in [5.41, 5.74) is 0.162. The van der Waals surface area contributed by atoms with Crippen LogP contribution in [-0.4, -0.2) is 16.5 Å². The molecule has 0 bridgehead atoms. The second-order valence-corrected chi connectivity index (χ2v) is 8.76. The minimum atomic E-state index is -0.932. The second kappa shape index (κ2) is 5.11. The van der Waals surface area contributed by atoms with Crippen molar-refractivity contribution < 1.29 is 9.90 Å². The van der Waals surface area contributed by atoms with Gasteiger partial charge in [0.25, 0.3) is 0 Å². The van der Waals surface area contributed by atoms with Crippen LogP contribution < -0.4 is 0 Å². The first-order chi connectivity index (χ1) is 10.9. The molecule has 0 aromatic rings. The van der Waals surface area contributed by atoms with E-state index in [1.54, 1.807) is 0 Å². The normalized spacial score (nSPS) is 49.2. The van der Waals surface area contributed by atoms with Crippen LogP contribution in [0.1, 0.15) is 58.3 Å². The highest BCUT2D eigenvalue weighted by atomic mass is 35.5. The number of Topliss-reactive ketones (excluding diaryl/α,β-unsaturated/α-hetero) is 1. The minimum absolute atomic E-state index is 0.139. The number of fused-ring (bicyclic) bond motifs is 5. The number of halogens is 1. The van der Waals surface area contributed by atoms with E-state index in [-0.39, 0.29) is 11.2 Å². The van der Waals surface area contributed by atoms with E-state index in [1.807, 2.05) is 0 Å². The Labute approximate surface area is 143 Å². The van der Waals surface area contributed by atoms with Gasteiger partial charge >= 0.3 is 0 Å². The number of aliphatic hydroxyl groups is 1. The second-order valence-electron chi connectivity index (χ2n) is 8.38. The zero-order valence-electron chi connectivity index (χ0n) is 13.8. The van der Waals surface area contributed by atoms with Gasteiger partial charge in [0.1, 0.15) is 5.60 Å². The van der Waals surface area contributed by atoms with E-state index in [1.165, 1.54) is 5.57 Å². The summed E-state index contributed by atoms with van der Waals surface area (Å²) in [7, 11) is 0. The van der Waals surface area contributed by atoms with Gasteiger partial charge in [0.2, 0.25) is 0 Å². The molecule has 6 atom stereocenters. The van der Waals surface area contributed by atoms with Crippen LogP contribution in [0.3, 0.4) is 0 Å². The molecule has 23 heavy (non-hydrogen) atoms. The molecule has 3 fully saturated rings. The van der Waals surface area contributed by atoms with Crippen LogP contribution in [0.25, 0.3) is 0 Å². The van der Waals surface area contributed by atoms with E-state index in [0.717, 1.165) is 44.9 Å². The molecule has 2 nitrogen and oxygen atoms in total. The molecule has 0 radical (unpaired) electrons. The van der Waals surface area contributed by atoms with Gasteiger partial charge in [-0.25, -0.2) is 0 Å². The van der Waals surface area contributed by atoms with Gasteiger partial charge in [0.05, 0.1) is 5.03 Å². The van der Waals surface area contributed by atoms with Crippen molar-refractivity contribution in [2.45, 2.75) is 63.9 Å². The Morgan fingerprint density at radius 1 is 1.17 bits per heavy atom. The Morgan fingerprint density at radius 3 is 2.70 bits per heavy atom. The molecule has 0 spiro atoms. The first-order valence-corrected chi connectivity index (χ1v) is 9.41. The Kier molecular flexibility index (Phi) is 3.49. The smallest absolute Gasteiger partial charge is 0.174 e. The minimum Gasteiger partial charge on any atom is -0.377 e. The van der Waals surface area contributed by atoms with E-state index in [9.17, 15) is 9.90 Å². The number of carbonyl (C=O) groups excluding carboxylic acids is 1. The van der Waals surface area contributed by atoms with E-state index in [0.29, 0.717) is 35.1 Å².